The molecule has 122 valence electrons. The minimum Gasteiger partial charge on any atom is -0.492 e. The van der Waals surface area contributed by atoms with E-state index >= 15 is 0 Å². The molecule has 2 rings (SSSR count). The van der Waals surface area contributed by atoms with Crippen molar-refractivity contribution in [1.82, 2.24) is 4.90 Å². The summed E-state index contributed by atoms with van der Waals surface area (Å²) in [6.45, 7) is 3.02. The molecule has 0 saturated heterocycles. The molecule has 1 atom stereocenters. The fourth-order valence-corrected chi connectivity index (χ4v) is 2.29. The zero-order valence-corrected chi connectivity index (χ0v) is 13.7. The van der Waals surface area contributed by atoms with Gasteiger partial charge in [0.25, 0.3) is 0 Å². The first kappa shape index (κ1) is 17.0. The van der Waals surface area contributed by atoms with Gasteiger partial charge in [-0.3, -0.25) is 4.79 Å². The minimum atomic E-state index is -0.274. The molecule has 0 bridgehead atoms. The molecule has 0 spiro atoms. The van der Waals surface area contributed by atoms with E-state index in [1.54, 1.807) is 11.9 Å². The number of hydrogen-bond donors (Lipinski definition) is 1. The van der Waals surface area contributed by atoms with Crippen molar-refractivity contribution in [2.24, 2.45) is 5.73 Å². The van der Waals surface area contributed by atoms with Crippen molar-refractivity contribution in [2.45, 2.75) is 19.4 Å². The van der Waals surface area contributed by atoms with Crippen molar-refractivity contribution in [3.05, 3.63) is 65.7 Å². The lowest BCUT2D eigenvalue weighted by Crippen LogP contribution is -2.33. The van der Waals surface area contributed by atoms with Crippen LogP contribution in [0.2, 0.25) is 0 Å². The van der Waals surface area contributed by atoms with Crippen molar-refractivity contribution >= 4 is 5.91 Å². The standard InChI is InChI=1S/C19H24N2O2/c1-15-7-6-10-17(13-15)23-12-11-21(2)19(22)14-18(20)16-8-4-3-5-9-16/h3-10,13,18H,11-12,14,20H2,1-2H3. The Bertz CT molecular complexity index is 628. The van der Waals surface area contributed by atoms with E-state index in [4.69, 9.17) is 10.5 Å². The number of aryl methyl sites for hydroxylation is 1. The maximum Gasteiger partial charge on any atom is 0.224 e. The van der Waals surface area contributed by atoms with Gasteiger partial charge in [-0.1, -0.05) is 42.5 Å². The number of nitrogens with two attached hydrogens (primary N) is 1. The normalized spacial score (nSPS) is 11.8. The third-order valence-electron chi connectivity index (χ3n) is 3.73. The topological polar surface area (TPSA) is 55.6 Å². The third kappa shape index (κ3) is 5.42. The van der Waals surface area contributed by atoms with E-state index in [0.29, 0.717) is 19.6 Å². The van der Waals surface area contributed by atoms with Gasteiger partial charge in [0, 0.05) is 19.5 Å². The molecule has 4 nitrogen and oxygen atoms in total. The lowest BCUT2D eigenvalue weighted by atomic mass is 10.0. The molecule has 0 aliphatic carbocycles. The van der Waals surface area contributed by atoms with Crippen LogP contribution in [-0.4, -0.2) is 31.0 Å². The monoisotopic (exact) mass is 312 g/mol. The number of carbonyl (C=O) groups is 1. The Morgan fingerprint density at radius 1 is 1.17 bits per heavy atom. The molecule has 0 aromatic heterocycles. The fourth-order valence-electron chi connectivity index (χ4n) is 2.29. The molecule has 0 radical (unpaired) electrons. The fraction of sp³-hybridized carbons (Fsp3) is 0.316. The second-order valence-electron chi connectivity index (χ2n) is 5.70. The number of ether oxygens (including phenoxy) is 1. The predicted molar refractivity (Wildman–Crippen MR) is 92.3 cm³/mol. The summed E-state index contributed by atoms with van der Waals surface area (Å²) >= 11 is 0. The van der Waals surface area contributed by atoms with E-state index in [0.717, 1.165) is 16.9 Å². The zero-order chi connectivity index (χ0) is 16.7. The molecule has 2 N–H and O–H groups in total. The Labute approximate surface area is 137 Å². The molecule has 0 heterocycles. The number of carbonyl (C=O) groups excluding carboxylic acids is 1. The molecule has 0 fully saturated rings. The number of hydrogen-bond acceptors (Lipinski definition) is 3. The van der Waals surface area contributed by atoms with Crippen LogP contribution in [-0.2, 0) is 4.79 Å². The van der Waals surface area contributed by atoms with Crippen molar-refractivity contribution in [2.75, 3.05) is 20.2 Å². The van der Waals surface area contributed by atoms with E-state index in [1.165, 1.54) is 0 Å². The van der Waals surface area contributed by atoms with Crippen molar-refractivity contribution in [1.29, 1.82) is 0 Å². The second-order valence-corrected chi connectivity index (χ2v) is 5.70. The summed E-state index contributed by atoms with van der Waals surface area (Å²) in [6.07, 6.45) is 0.297. The van der Waals surface area contributed by atoms with E-state index in [-0.39, 0.29) is 11.9 Å². The van der Waals surface area contributed by atoms with E-state index < -0.39 is 0 Å². The Morgan fingerprint density at radius 2 is 1.91 bits per heavy atom. The van der Waals surface area contributed by atoms with Gasteiger partial charge in [-0.05, 0) is 30.2 Å². The molecule has 23 heavy (non-hydrogen) atoms. The average molecular weight is 312 g/mol. The number of nitrogens with zero attached hydrogens (tertiary/aromatic N) is 1. The average Bonchev–Trinajstić information content (AvgIpc) is 2.55. The Morgan fingerprint density at radius 3 is 2.61 bits per heavy atom. The highest BCUT2D eigenvalue weighted by Gasteiger charge is 2.15. The number of benzene rings is 2. The highest BCUT2D eigenvalue weighted by atomic mass is 16.5. The van der Waals surface area contributed by atoms with Gasteiger partial charge >= 0.3 is 0 Å². The van der Waals surface area contributed by atoms with Crippen molar-refractivity contribution in [3.8, 4) is 5.75 Å². The summed E-state index contributed by atoms with van der Waals surface area (Å²) in [5, 5.41) is 0. The molecular formula is C19H24N2O2. The summed E-state index contributed by atoms with van der Waals surface area (Å²) in [5.41, 5.74) is 8.22. The van der Waals surface area contributed by atoms with Gasteiger partial charge in [-0.15, -0.1) is 0 Å². The van der Waals surface area contributed by atoms with Crippen molar-refractivity contribution in [3.63, 3.8) is 0 Å². The van der Waals surface area contributed by atoms with Crippen LogP contribution in [0.15, 0.2) is 54.6 Å². The van der Waals surface area contributed by atoms with E-state index in [9.17, 15) is 4.79 Å². The summed E-state index contributed by atoms with van der Waals surface area (Å²) in [5.74, 6) is 0.848. The second kappa shape index (κ2) is 8.34. The van der Waals surface area contributed by atoms with Crippen LogP contribution in [0.5, 0.6) is 5.75 Å². The molecule has 0 aliphatic heterocycles. The summed E-state index contributed by atoms with van der Waals surface area (Å²) in [6, 6.07) is 17.3. The largest absolute Gasteiger partial charge is 0.492 e. The van der Waals surface area contributed by atoms with Crippen LogP contribution in [0.4, 0.5) is 0 Å². The molecule has 2 aromatic carbocycles. The number of amides is 1. The lowest BCUT2D eigenvalue weighted by molar-refractivity contribution is -0.130. The quantitative estimate of drug-likeness (QED) is 0.855. The molecular weight excluding hydrogens is 288 g/mol. The summed E-state index contributed by atoms with van der Waals surface area (Å²) in [4.78, 5) is 13.9. The van der Waals surface area contributed by atoms with Crippen LogP contribution < -0.4 is 10.5 Å². The number of rotatable bonds is 7. The van der Waals surface area contributed by atoms with Gasteiger partial charge in [-0.25, -0.2) is 0 Å². The first-order valence-corrected chi connectivity index (χ1v) is 7.80. The maximum atomic E-state index is 12.2. The van der Waals surface area contributed by atoms with E-state index in [2.05, 4.69) is 0 Å². The van der Waals surface area contributed by atoms with Gasteiger partial charge < -0.3 is 15.4 Å². The van der Waals surface area contributed by atoms with Gasteiger partial charge in [0.1, 0.15) is 12.4 Å². The van der Waals surface area contributed by atoms with Crippen molar-refractivity contribution < 1.29 is 9.53 Å². The van der Waals surface area contributed by atoms with Crippen LogP contribution in [0.1, 0.15) is 23.6 Å². The molecule has 0 aliphatic rings. The molecule has 4 heteroatoms. The van der Waals surface area contributed by atoms with Gasteiger partial charge in [0.2, 0.25) is 5.91 Å². The first-order valence-electron chi connectivity index (χ1n) is 7.80. The lowest BCUT2D eigenvalue weighted by Gasteiger charge is -2.20. The van der Waals surface area contributed by atoms with Gasteiger partial charge in [0.05, 0.1) is 6.54 Å². The SMILES string of the molecule is Cc1cccc(OCCN(C)C(=O)CC(N)c2ccccc2)c1. The van der Waals surface area contributed by atoms with Gasteiger partial charge in [-0.2, -0.15) is 0 Å². The van der Waals surface area contributed by atoms with Gasteiger partial charge in [0.15, 0.2) is 0 Å². The van der Waals surface area contributed by atoms with Crippen LogP contribution in [0.3, 0.4) is 0 Å². The van der Waals surface area contributed by atoms with Crippen LogP contribution in [0.25, 0.3) is 0 Å². The first-order chi connectivity index (χ1) is 11.1. The molecule has 2 aromatic rings. The van der Waals surface area contributed by atoms with Crippen LogP contribution >= 0.6 is 0 Å². The molecule has 1 unspecified atom stereocenters. The predicted octanol–water partition coefficient (Wildman–Crippen LogP) is 2.92. The summed E-state index contributed by atoms with van der Waals surface area (Å²) in [7, 11) is 1.78. The highest BCUT2D eigenvalue weighted by molar-refractivity contribution is 5.76. The molecule has 0 saturated carbocycles. The maximum absolute atomic E-state index is 12.2. The third-order valence-corrected chi connectivity index (χ3v) is 3.73. The van der Waals surface area contributed by atoms with E-state index in [1.807, 2.05) is 61.5 Å². The molecule has 1 amide bonds. The number of likely N-dealkylation sites (N-methyl/N-ethyl adjacent to an activating group) is 1. The Kier molecular flexibility index (Phi) is 6.18. The smallest absolute Gasteiger partial charge is 0.224 e. The minimum absolute atomic E-state index is 0.0224. The Balaban J connectivity index is 1.76. The zero-order valence-electron chi connectivity index (χ0n) is 13.7. The highest BCUT2D eigenvalue weighted by Crippen LogP contribution is 2.15. The summed E-state index contributed by atoms with van der Waals surface area (Å²) < 4.78 is 5.67. The Hall–Kier alpha value is -2.33. The van der Waals surface area contributed by atoms with Crippen LogP contribution in [0, 0.1) is 6.92 Å².